The summed E-state index contributed by atoms with van der Waals surface area (Å²) in [6.07, 6.45) is 3.23. The predicted molar refractivity (Wildman–Crippen MR) is 124 cm³/mol. The van der Waals surface area contributed by atoms with E-state index in [1.54, 1.807) is 4.90 Å². The molecular formula is C24H23N5O6. The minimum absolute atomic E-state index is 0.0503. The maximum absolute atomic E-state index is 13.1. The smallest absolute Gasteiger partial charge is 0.407 e. The van der Waals surface area contributed by atoms with Crippen molar-refractivity contribution in [1.29, 1.82) is 0 Å². The summed E-state index contributed by atoms with van der Waals surface area (Å²) in [5.74, 6) is 0.259. The van der Waals surface area contributed by atoms with Crippen LogP contribution in [-0.4, -0.2) is 37.0 Å². The van der Waals surface area contributed by atoms with Crippen LogP contribution in [0, 0.1) is 10.1 Å². The van der Waals surface area contributed by atoms with Crippen molar-refractivity contribution in [2.45, 2.75) is 44.7 Å². The molecule has 1 aliphatic heterocycles. The number of likely N-dealkylation sites (tertiary alicyclic amines) is 1. The first kappa shape index (κ1) is 22.5. The van der Waals surface area contributed by atoms with Gasteiger partial charge in [0.15, 0.2) is 5.58 Å². The van der Waals surface area contributed by atoms with Crippen molar-refractivity contribution in [3.05, 3.63) is 75.1 Å². The quantitative estimate of drug-likeness (QED) is 0.287. The Morgan fingerprint density at radius 1 is 1.17 bits per heavy atom. The molecule has 1 atom stereocenters. The molecule has 0 N–H and O–H groups in total. The summed E-state index contributed by atoms with van der Waals surface area (Å²) in [4.78, 5) is 42.1. The third kappa shape index (κ3) is 4.57. The molecule has 2 aromatic heterocycles. The lowest BCUT2D eigenvalue weighted by Crippen LogP contribution is -2.38. The van der Waals surface area contributed by atoms with Gasteiger partial charge in [0.25, 0.3) is 5.69 Å². The summed E-state index contributed by atoms with van der Waals surface area (Å²) in [5, 5.41) is 15.1. The average molecular weight is 477 g/mol. The van der Waals surface area contributed by atoms with Crippen LogP contribution in [0.5, 0.6) is 0 Å². The molecule has 1 aliphatic rings. The van der Waals surface area contributed by atoms with Gasteiger partial charge in [-0.1, -0.05) is 35.5 Å². The standard InChI is InChI=1S/C24H23N5O6/c30-21(10-6-14-28-18-12-11-17(29(32)33)15-20(18)34-24(28)31)27-13-5-4-9-19(27)23-25-22(26-35-23)16-7-2-1-3-8-16/h1-3,7-8,11-12,15,19H,4-6,9-10,13-14H2. The van der Waals surface area contributed by atoms with Gasteiger partial charge in [0, 0.05) is 31.1 Å². The molecule has 0 bridgehead atoms. The van der Waals surface area contributed by atoms with E-state index in [1.807, 2.05) is 30.3 Å². The Bertz CT molecular complexity index is 1420. The lowest BCUT2D eigenvalue weighted by molar-refractivity contribution is -0.384. The number of hydrogen-bond acceptors (Lipinski definition) is 8. The van der Waals surface area contributed by atoms with Gasteiger partial charge in [0.2, 0.25) is 17.6 Å². The molecule has 1 fully saturated rings. The third-order valence-electron chi connectivity index (χ3n) is 6.22. The molecule has 180 valence electrons. The number of carbonyl (C=O) groups excluding carboxylic acids is 1. The van der Waals surface area contributed by atoms with E-state index in [0.29, 0.717) is 30.2 Å². The first-order valence-corrected chi connectivity index (χ1v) is 11.5. The monoisotopic (exact) mass is 477 g/mol. The van der Waals surface area contributed by atoms with E-state index in [4.69, 9.17) is 8.94 Å². The number of hydrogen-bond donors (Lipinski definition) is 0. The zero-order valence-corrected chi connectivity index (χ0v) is 18.8. The van der Waals surface area contributed by atoms with Crippen molar-refractivity contribution in [2.24, 2.45) is 0 Å². The number of aryl methyl sites for hydroxylation is 1. The Hall–Kier alpha value is -4.28. The normalized spacial score (nSPS) is 16.0. The lowest BCUT2D eigenvalue weighted by Gasteiger charge is -2.33. The fraction of sp³-hybridized carbons (Fsp3) is 0.333. The number of piperidine rings is 1. The minimum atomic E-state index is -0.608. The van der Waals surface area contributed by atoms with Gasteiger partial charge in [0.05, 0.1) is 16.5 Å². The summed E-state index contributed by atoms with van der Waals surface area (Å²) in [7, 11) is 0. The molecular weight excluding hydrogens is 454 g/mol. The fourth-order valence-corrected chi connectivity index (χ4v) is 4.47. The second-order valence-corrected chi connectivity index (χ2v) is 8.45. The lowest BCUT2D eigenvalue weighted by atomic mass is 10.0. The highest BCUT2D eigenvalue weighted by Gasteiger charge is 2.32. The Labute approximate surface area is 199 Å². The summed E-state index contributed by atoms with van der Waals surface area (Å²) in [5.41, 5.74) is 1.31. The number of rotatable bonds is 7. The number of oxazole rings is 1. The first-order chi connectivity index (χ1) is 17.0. The number of carbonyl (C=O) groups is 1. The maximum Gasteiger partial charge on any atom is 0.419 e. The Balaban J connectivity index is 1.26. The van der Waals surface area contributed by atoms with Gasteiger partial charge in [-0.25, -0.2) is 4.79 Å². The molecule has 0 saturated carbocycles. The van der Waals surface area contributed by atoms with Crippen LogP contribution in [0.4, 0.5) is 5.69 Å². The van der Waals surface area contributed by atoms with Crippen molar-refractivity contribution < 1.29 is 18.7 Å². The molecule has 2 aromatic carbocycles. The summed E-state index contributed by atoms with van der Waals surface area (Å²) in [6.45, 7) is 0.859. The highest BCUT2D eigenvalue weighted by Crippen LogP contribution is 2.32. The van der Waals surface area contributed by atoms with Crippen LogP contribution in [-0.2, 0) is 11.3 Å². The van der Waals surface area contributed by atoms with Crippen LogP contribution >= 0.6 is 0 Å². The number of nitro groups is 1. The predicted octanol–water partition coefficient (Wildman–Crippen LogP) is 4.09. The molecule has 11 nitrogen and oxygen atoms in total. The molecule has 0 radical (unpaired) electrons. The topological polar surface area (TPSA) is 138 Å². The van der Waals surface area contributed by atoms with Gasteiger partial charge in [-0.05, 0) is 31.7 Å². The average Bonchev–Trinajstić information content (AvgIpc) is 3.49. The number of nitro benzene ring substituents is 1. The second kappa shape index (κ2) is 9.53. The van der Waals surface area contributed by atoms with Crippen LogP contribution in [0.2, 0.25) is 0 Å². The maximum atomic E-state index is 13.1. The first-order valence-electron chi connectivity index (χ1n) is 11.5. The van der Waals surface area contributed by atoms with Gasteiger partial charge >= 0.3 is 5.76 Å². The highest BCUT2D eigenvalue weighted by atomic mass is 16.6. The Morgan fingerprint density at radius 3 is 2.80 bits per heavy atom. The van der Waals surface area contributed by atoms with Crippen LogP contribution in [0.25, 0.3) is 22.5 Å². The van der Waals surface area contributed by atoms with Gasteiger partial charge in [-0.2, -0.15) is 4.98 Å². The van der Waals surface area contributed by atoms with Crippen LogP contribution in [0.3, 0.4) is 0 Å². The van der Waals surface area contributed by atoms with Gasteiger partial charge in [-0.3, -0.25) is 19.5 Å². The summed E-state index contributed by atoms with van der Waals surface area (Å²) in [6, 6.07) is 13.3. The molecule has 0 aliphatic carbocycles. The molecule has 4 aromatic rings. The number of non-ortho nitro benzene ring substituents is 1. The number of benzene rings is 2. The number of aromatic nitrogens is 3. The van der Waals surface area contributed by atoms with Crippen LogP contribution < -0.4 is 5.76 Å². The number of nitrogens with zero attached hydrogens (tertiary/aromatic N) is 5. The molecule has 0 spiro atoms. The van der Waals surface area contributed by atoms with E-state index in [-0.39, 0.29) is 36.2 Å². The van der Waals surface area contributed by atoms with Gasteiger partial charge < -0.3 is 13.8 Å². The minimum Gasteiger partial charge on any atom is -0.407 e. The molecule has 11 heteroatoms. The Kier molecular flexibility index (Phi) is 6.13. The van der Waals surface area contributed by atoms with Crippen LogP contribution in [0.15, 0.2) is 62.3 Å². The van der Waals surface area contributed by atoms with Crippen molar-refractivity contribution in [2.75, 3.05) is 6.54 Å². The SMILES string of the molecule is O=C(CCCn1c(=O)oc2cc([N+](=O)[O-])ccc21)N1CCCCC1c1nc(-c2ccccc2)no1. The van der Waals surface area contributed by atoms with E-state index in [9.17, 15) is 19.7 Å². The number of fused-ring (bicyclic) bond motifs is 1. The fourth-order valence-electron chi connectivity index (χ4n) is 4.47. The van der Waals surface area contributed by atoms with Crippen molar-refractivity contribution in [3.8, 4) is 11.4 Å². The van der Waals surface area contributed by atoms with Crippen molar-refractivity contribution in [1.82, 2.24) is 19.6 Å². The van der Waals surface area contributed by atoms with E-state index in [1.165, 1.54) is 22.8 Å². The zero-order valence-electron chi connectivity index (χ0n) is 18.8. The molecule has 35 heavy (non-hydrogen) atoms. The van der Waals surface area contributed by atoms with Crippen LogP contribution in [0.1, 0.15) is 44.0 Å². The zero-order chi connectivity index (χ0) is 24.4. The third-order valence-corrected chi connectivity index (χ3v) is 6.22. The second-order valence-electron chi connectivity index (χ2n) is 8.45. The van der Waals surface area contributed by atoms with Crippen molar-refractivity contribution in [3.63, 3.8) is 0 Å². The van der Waals surface area contributed by atoms with Crippen molar-refractivity contribution >= 4 is 22.7 Å². The molecule has 3 heterocycles. The van der Waals surface area contributed by atoms with E-state index < -0.39 is 10.7 Å². The molecule has 1 amide bonds. The molecule has 5 rings (SSSR count). The van der Waals surface area contributed by atoms with E-state index in [0.717, 1.165) is 24.8 Å². The van der Waals surface area contributed by atoms with E-state index in [2.05, 4.69) is 10.1 Å². The molecule has 1 saturated heterocycles. The largest absolute Gasteiger partial charge is 0.419 e. The summed E-state index contributed by atoms with van der Waals surface area (Å²) < 4.78 is 12.1. The van der Waals surface area contributed by atoms with E-state index >= 15 is 0 Å². The van der Waals surface area contributed by atoms with Gasteiger partial charge in [0.1, 0.15) is 6.04 Å². The molecule has 1 unspecified atom stereocenters. The Morgan fingerprint density at radius 2 is 2.00 bits per heavy atom. The van der Waals surface area contributed by atoms with Gasteiger partial charge in [-0.15, -0.1) is 0 Å². The number of amides is 1. The highest BCUT2D eigenvalue weighted by molar-refractivity contribution is 5.77. The summed E-state index contributed by atoms with van der Waals surface area (Å²) >= 11 is 0.